The third-order valence-corrected chi connectivity index (χ3v) is 7.49. The molecule has 3 heterocycles. The number of rotatable bonds is 8. The molecular formula is C33H32FN5O2. The summed E-state index contributed by atoms with van der Waals surface area (Å²) in [5.74, 6) is 1.35. The van der Waals surface area contributed by atoms with Crippen LogP contribution in [-0.4, -0.2) is 58.1 Å². The SMILES string of the molecule is CCCCOc1ccc(C(=O)N2CCN(c3ncnc4c3c(-c3ccccc3)cn4-c3ccc(F)cc3)CC2)cc1. The first-order valence-corrected chi connectivity index (χ1v) is 14.1. The van der Waals surface area contributed by atoms with Crippen molar-refractivity contribution >= 4 is 22.8 Å². The number of piperazine rings is 1. The third kappa shape index (κ3) is 5.50. The minimum Gasteiger partial charge on any atom is -0.494 e. The van der Waals surface area contributed by atoms with E-state index in [0.717, 1.165) is 52.3 Å². The molecule has 208 valence electrons. The molecule has 3 aromatic carbocycles. The Morgan fingerprint density at radius 2 is 1.63 bits per heavy atom. The van der Waals surface area contributed by atoms with Crippen molar-refractivity contribution in [3.8, 4) is 22.6 Å². The van der Waals surface area contributed by atoms with Crippen molar-refractivity contribution < 1.29 is 13.9 Å². The van der Waals surface area contributed by atoms with E-state index in [1.54, 1.807) is 18.5 Å². The average Bonchev–Trinajstić information content (AvgIpc) is 3.42. The van der Waals surface area contributed by atoms with Crippen molar-refractivity contribution in [2.45, 2.75) is 19.8 Å². The van der Waals surface area contributed by atoms with Gasteiger partial charge in [0.25, 0.3) is 5.91 Å². The molecule has 41 heavy (non-hydrogen) atoms. The van der Waals surface area contributed by atoms with Gasteiger partial charge >= 0.3 is 0 Å². The van der Waals surface area contributed by atoms with E-state index in [9.17, 15) is 9.18 Å². The molecule has 1 fully saturated rings. The predicted molar refractivity (Wildman–Crippen MR) is 159 cm³/mol. The quantitative estimate of drug-likeness (QED) is 0.211. The van der Waals surface area contributed by atoms with E-state index in [-0.39, 0.29) is 11.7 Å². The summed E-state index contributed by atoms with van der Waals surface area (Å²) >= 11 is 0. The molecule has 0 aliphatic carbocycles. The van der Waals surface area contributed by atoms with Crippen molar-refractivity contribution in [1.29, 1.82) is 0 Å². The van der Waals surface area contributed by atoms with Gasteiger partial charge in [-0.2, -0.15) is 0 Å². The van der Waals surface area contributed by atoms with Crippen LogP contribution in [0, 0.1) is 5.82 Å². The Bertz CT molecular complexity index is 1630. The Labute approximate surface area is 238 Å². The highest BCUT2D eigenvalue weighted by Gasteiger charge is 2.26. The second-order valence-corrected chi connectivity index (χ2v) is 10.2. The van der Waals surface area contributed by atoms with Gasteiger partial charge in [-0.05, 0) is 60.5 Å². The van der Waals surface area contributed by atoms with Crippen molar-refractivity contribution in [3.63, 3.8) is 0 Å². The number of amides is 1. The Balaban J connectivity index is 1.26. The first-order chi connectivity index (χ1) is 20.1. The van der Waals surface area contributed by atoms with Gasteiger partial charge < -0.3 is 19.1 Å². The summed E-state index contributed by atoms with van der Waals surface area (Å²) in [6.45, 7) is 5.26. The van der Waals surface area contributed by atoms with Gasteiger partial charge in [0.05, 0.1) is 12.0 Å². The maximum atomic E-state index is 13.7. The lowest BCUT2D eigenvalue weighted by Crippen LogP contribution is -2.49. The zero-order chi connectivity index (χ0) is 28.2. The number of unbranched alkanes of at least 4 members (excludes halogenated alkanes) is 1. The summed E-state index contributed by atoms with van der Waals surface area (Å²) in [6, 6.07) is 24.0. The topological polar surface area (TPSA) is 63.5 Å². The molecule has 1 aliphatic rings. The van der Waals surface area contributed by atoms with Crippen molar-refractivity contribution in [2.75, 3.05) is 37.7 Å². The van der Waals surface area contributed by atoms with Gasteiger partial charge in [-0.1, -0.05) is 43.7 Å². The van der Waals surface area contributed by atoms with Crippen molar-refractivity contribution in [1.82, 2.24) is 19.4 Å². The number of carbonyl (C=O) groups excluding carboxylic acids is 1. The van der Waals surface area contributed by atoms with Crippen LogP contribution in [0.3, 0.4) is 0 Å². The summed E-state index contributed by atoms with van der Waals surface area (Å²) < 4.78 is 21.4. The second-order valence-electron chi connectivity index (χ2n) is 10.2. The highest BCUT2D eigenvalue weighted by molar-refractivity contribution is 6.02. The minimum atomic E-state index is -0.285. The lowest BCUT2D eigenvalue weighted by molar-refractivity contribution is 0.0746. The second kappa shape index (κ2) is 11.8. The summed E-state index contributed by atoms with van der Waals surface area (Å²) in [5, 5.41) is 0.932. The van der Waals surface area contributed by atoms with E-state index in [1.165, 1.54) is 12.1 Å². The Hall–Kier alpha value is -4.72. The number of benzene rings is 3. The molecule has 0 unspecified atom stereocenters. The molecule has 0 saturated carbocycles. The van der Waals surface area contributed by atoms with Crippen molar-refractivity contribution in [2.24, 2.45) is 0 Å². The van der Waals surface area contributed by atoms with E-state index >= 15 is 0 Å². The highest BCUT2D eigenvalue weighted by atomic mass is 19.1. The molecule has 2 aromatic heterocycles. The van der Waals surface area contributed by atoms with E-state index in [4.69, 9.17) is 9.72 Å². The fraction of sp³-hybridized carbons (Fsp3) is 0.242. The fourth-order valence-electron chi connectivity index (χ4n) is 5.25. The van der Waals surface area contributed by atoms with Crippen LogP contribution >= 0.6 is 0 Å². The molecular weight excluding hydrogens is 517 g/mol. The van der Waals surface area contributed by atoms with Crippen LogP contribution in [0.1, 0.15) is 30.1 Å². The maximum absolute atomic E-state index is 13.7. The van der Waals surface area contributed by atoms with Crippen LogP contribution < -0.4 is 9.64 Å². The highest BCUT2D eigenvalue weighted by Crippen LogP contribution is 2.37. The molecule has 1 amide bonds. The number of fused-ring (bicyclic) bond motifs is 1. The number of hydrogen-bond acceptors (Lipinski definition) is 5. The van der Waals surface area contributed by atoms with Crippen molar-refractivity contribution in [3.05, 3.63) is 103 Å². The van der Waals surface area contributed by atoms with Gasteiger partial charge in [-0.25, -0.2) is 14.4 Å². The first kappa shape index (κ1) is 26.5. The number of anilines is 1. The van der Waals surface area contributed by atoms with Gasteiger partial charge in [0.15, 0.2) is 5.65 Å². The molecule has 0 radical (unpaired) electrons. The summed E-state index contributed by atoms with van der Waals surface area (Å²) in [5.41, 5.74) is 4.28. The van der Waals surface area contributed by atoms with Crippen LogP contribution in [0.5, 0.6) is 5.75 Å². The summed E-state index contributed by atoms with van der Waals surface area (Å²) in [6.07, 6.45) is 5.71. The average molecular weight is 550 g/mol. The molecule has 6 rings (SSSR count). The number of ether oxygens (including phenoxy) is 1. The normalized spacial score (nSPS) is 13.5. The fourth-order valence-corrected chi connectivity index (χ4v) is 5.25. The molecule has 5 aromatic rings. The van der Waals surface area contributed by atoms with Gasteiger partial charge in [0.2, 0.25) is 0 Å². The number of hydrogen-bond donors (Lipinski definition) is 0. The first-order valence-electron chi connectivity index (χ1n) is 14.1. The van der Waals surface area contributed by atoms with Gasteiger partial charge in [-0.3, -0.25) is 4.79 Å². The van der Waals surface area contributed by atoms with Gasteiger partial charge in [0.1, 0.15) is 23.7 Å². The number of carbonyl (C=O) groups is 1. The zero-order valence-corrected chi connectivity index (χ0v) is 23.0. The largest absolute Gasteiger partial charge is 0.494 e. The smallest absolute Gasteiger partial charge is 0.253 e. The lowest BCUT2D eigenvalue weighted by Gasteiger charge is -2.35. The molecule has 0 bridgehead atoms. The van der Waals surface area contributed by atoms with Gasteiger partial charge in [-0.15, -0.1) is 0 Å². The van der Waals surface area contributed by atoms with Gasteiger partial charge in [0, 0.05) is 49.2 Å². The van der Waals surface area contributed by atoms with Crippen LogP contribution in [0.25, 0.3) is 27.8 Å². The predicted octanol–water partition coefficient (Wildman–Crippen LogP) is 6.37. The molecule has 8 heteroatoms. The lowest BCUT2D eigenvalue weighted by atomic mass is 10.1. The van der Waals surface area contributed by atoms with E-state index < -0.39 is 0 Å². The van der Waals surface area contributed by atoms with Crippen LogP contribution in [0.15, 0.2) is 91.4 Å². The number of halogens is 1. The molecule has 0 atom stereocenters. The number of aromatic nitrogens is 3. The standard InChI is InChI=1S/C33H32FN5O2/c1-2-3-21-41-28-15-9-25(10-16-28)33(40)38-19-17-37(18-20-38)31-30-29(24-7-5-4-6-8-24)22-39(32(30)36-23-35-31)27-13-11-26(34)12-14-27/h4-16,22-23H,2-3,17-21H2,1H3. The Morgan fingerprint density at radius 3 is 2.34 bits per heavy atom. The maximum Gasteiger partial charge on any atom is 0.253 e. The van der Waals surface area contributed by atoms with E-state index in [0.29, 0.717) is 38.3 Å². The minimum absolute atomic E-state index is 0.0185. The molecule has 7 nitrogen and oxygen atoms in total. The van der Waals surface area contributed by atoms with E-state index in [2.05, 4.69) is 28.9 Å². The summed E-state index contributed by atoms with van der Waals surface area (Å²) in [4.78, 5) is 26.8. The van der Waals surface area contributed by atoms with Crippen LogP contribution in [0.4, 0.5) is 10.2 Å². The molecule has 1 saturated heterocycles. The monoisotopic (exact) mass is 549 g/mol. The summed E-state index contributed by atoms with van der Waals surface area (Å²) in [7, 11) is 0. The Morgan fingerprint density at radius 1 is 0.902 bits per heavy atom. The molecule has 0 N–H and O–H groups in total. The molecule has 1 aliphatic heterocycles. The van der Waals surface area contributed by atoms with E-state index in [1.807, 2.05) is 58.1 Å². The molecule has 0 spiro atoms. The zero-order valence-electron chi connectivity index (χ0n) is 23.0. The third-order valence-electron chi connectivity index (χ3n) is 7.49. The van der Waals surface area contributed by atoms with Crippen LogP contribution in [0.2, 0.25) is 0 Å². The number of nitrogens with zero attached hydrogens (tertiary/aromatic N) is 5. The van der Waals surface area contributed by atoms with Crippen LogP contribution in [-0.2, 0) is 0 Å². The Kier molecular flexibility index (Phi) is 7.63.